The van der Waals surface area contributed by atoms with E-state index in [1.807, 2.05) is 0 Å². The number of halogens is 3. The Morgan fingerprint density at radius 3 is 2.03 bits per heavy atom. The van der Waals surface area contributed by atoms with Gasteiger partial charge in [-0.2, -0.15) is 13.2 Å². The van der Waals surface area contributed by atoms with Crippen LogP contribution >= 0.6 is 0 Å². The molecule has 0 radical (unpaired) electrons. The number of hydrogen-bond donors (Lipinski definition) is 2. The topological polar surface area (TPSA) is 103 Å². The van der Waals surface area contributed by atoms with Gasteiger partial charge in [0.15, 0.2) is 6.61 Å². The predicted octanol–water partition coefficient (Wildman–Crippen LogP) is 1.68. The lowest BCUT2D eigenvalue weighted by atomic mass is 10.0. The molecule has 162 valence electrons. The van der Waals surface area contributed by atoms with Gasteiger partial charge in [-0.05, 0) is 18.1 Å². The Morgan fingerprint density at radius 2 is 1.59 bits per heavy atom. The van der Waals surface area contributed by atoms with E-state index in [1.54, 1.807) is 25.2 Å². The Morgan fingerprint density at radius 1 is 1.03 bits per heavy atom. The number of nitrogens with one attached hydrogen (secondary N) is 2. The van der Waals surface area contributed by atoms with Crippen LogP contribution in [0.25, 0.3) is 0 Å². The Balaban J connectivity index is 2.76. The average molecular weight is 420 g/mol. The van der Waals surface area contributed by atoms with Gasteiger partial charge in [0.1, 0.15) is 24.1 Å². The van der Waals surface area contributed by atoms with Crippen LogP contribution in [0.5, 0.6) is 11.5 Å². The minimum absolute atomic E-state index is 0.155. The summed E-state index contributed by atoms with van der Waals surface area (Å²) in [5, 5.41) is 4.06. The summed E-state index contributed by atoms with van der Waals surface area (Å²) in [5.41, 5.74) is 0.155. The summed E-state index contributed by atoms with van der Waals surface area (Å²) in [7, 11) is 2.82. The number of benzene rings is 1. The van der Waals surface area contributed by atoms with Gasteiger partial charge in [-0.25, -0.2) is 4.79 Å². The molecule has 1 aromatic rings. The van der Waals surface area contributed by atoms with Crippen molar-refractivity contribution in [2.75, 3.05) is 27.4 Å². The third-order valence-electron chi connectivity index (χ3n) is 3.65. The quantitative estimate of drug-likeness (QED) is 0.590. The lowest BCUT2D eigenvalue weighted by molar-refractivity contribution is -0.153. The van der Waals surface area contributed by atoms with E-state index in [4.69, 9.17) is 14.2 Å². The highest BCUT2D eigenvalue weighted by Crippen LogP contribution is 2.22. The molecule has 0 aliphatic carbocycles. The molecule has 0 saturated carbocycles. The Hall–Kier alpha value is -2.98. The first-order chi connectivity index (χ1) is 13.5. The molecular weight excluding hydrogens is 397 g/mol. The van der Waals surface area contributed by atoms with Crippen LogP contribution in [0.15, 0.2) is 18.2 Å². The first kappa shape index (κ1) is 24.1. The van der Waals surface area contributed by atoms with Crippen LogP contribution < -0.4 is 20.1 Å². The smallest absolute Gasteiger partial charge is 0.405 e. The first-order valence-corrected chi connectivity index (χ1v) is 8.50. The van der Waals surface area contributed by atoms with Crippen molar-refractivity contribution >= 4 is 17.8 Å². The molecule has 0 aliphatic heterocycles. The van der Waals surface area contributed by atoms with E-state index >= 15 is 0 Å². The maximum absolute atomic E-state index is 12.5. The van der Waals surface area contributed by atoms with Gasteiger partial charge >= 0.3 is 12.1 Å². The van der Waals surface area contributed by atoms with Gasteiger partial charge in [-0.15, -0.1) is 0 Å². The molecule has 0 fully saturated rings. The molecule has 2 amide bonds. The minimum atomic E-state index is -4.58. The zero-order valence-corrected chi connectivity index (χ0v) is 16.4. The summed E-state index contributed by atoms with van der Waals surface area (Å²) >= 11 is 0. The molecule has 1 aromatic carbocycles. The number of rotatable bonds is 9. The number of alkyl halides is 3. The summed E-state index contributed by atoms with van der Waals surface area (Å²) in [4.78, 5) is 36.1. The molecule has 0 unspecified atom stereocenters. The molecule has 0 spiro atoms. The molecule has 1 rings (SSSR count). The van der Waals surface area contributed by atoms with Crippen LogP contribution in [0.3, 0.4) is 0 Å². The Labute approximate surface area is 165 Å². The van der Waals surface area contributed by atoms with Gasteiger partial charge in [-0.1, -0.05) is 13.8 Å². The van der Waals surface area contributed by atoms with Crippen LogP contribution in [0.2, 0.25) is 0 Å². The number of carbonyl (C=O) groups is 3. The average Bonchev–Trinajstić information content (AvgIpc) is 2.66. The van der Waals surface area contributed by atoms with E-state index in [1.165, 1.54) is 26.4 Å². The summed E-state index contributed by atoms with van der Waals surface area (Å²) < 4.78 is 51.1. The number of carbonyl (C=O) groups excluding carboxylic acids is 3. The summed E-state index contributed by atoms with van der Waals surface area (Å²) in [5.74, 6) is -2.39. The fourth-order valence-corrected chi connectivity index (χ4v) is 2.14. The number of amides is 2. The second-order valence-corrected chi connectivity index (χ2v) is 6.30. The van der Waals surface area contributed by atoms with Crippen molar-refractivity contribution in [2.24, 2.45) is 5.92 Å². The highest BCUT2D eigenvalue weighted by molar-refractivity contribution is 5.97. The maximum atomic E-state index is 12.5. The zero-order valence-electron chi connectivity index (χ0n) is 16.4. The molecule has 0 bridgehead atoms. The van der Waals surface area contributed by atoms with Crippen molar-refractivity contribution in [1.29, 1.82) is 0 Å². The van der Waals surface area contributed by atoms with Crippen LogP contribution in [0.4, 0.5) is 13.2 Å². The summed E-state index contributed by atoms with van der Waals surface area (Å²) in [6.45, 7) is 0.816. The van der Waals surface area contributed by atoms with Crippen LogP contribution in [0, 0.1) is 5.92 Å². The van der Waals surface area contributed by atoms with Gasteiger partial charge in [-0.3, -0.25) is 9.59 Å². The SMILES string of the molecule is COc1cc(OC)cc(C(=O)N[C@@H](C(=O)OCC(=O)NCC(F)(F)F)C(C)C)c1. The van der Waals surface area contributed by atoms with E-state index < -0.39 is 49.1 Å². The third-order valence-corrected chi connectivity index (χ3v) is 3.65. The lowest BCUT2D eigenvalue weighted by Crippen LogP contribution is -2.46. The van der Waals surface area contributed by atoms with E-state index in [0.29, 0.717) is 11.5 Å². The van der Waals surface area contributed by atoms with Crippen molar-refractivity contribution in [3.63, 3.8) is 0 Å². The molecule has 0 aliphatic rings. The van der Waals surface area contributed by atoms with Crippen LogP contribution in [0.1, 0.15) is 24.2 Å². The monoisotopic (exact) mass is 420 g/mol. The molecule has 0 aromatic heterocycles. The van der Waals surface area contributed by atoms with E-state index in [2.05, 4.69) is 5.32 Å². The summed E-state index contributed by atoms with van der Waals surface area (Å²) in [6.07, 6.45) is -4.58. The number of ether oxygens (including phenoxy) is 3. The fourth-order valence-electron chi connectivity index (χ4n) is 2.14. The van der Waals surface area contributed by atoms with Crippen LogP contribution in [-0.4, -0.2) is 57.4 Å². The second-order valence-electron chi connectivity index (χ2n) is 6.30. The van der Waals surface area contributed by atoms with Crippen molar-refractivity contribution in [3.05, 3.63) is 23.8 Å². The molecular formula is C18H23F3N2O6. The molecule has 0 heterocycles. The minimum Gasteiger partial charge on any atom is -0.497 e. The Kier molecular flexibility index (Phi) is 8.74. The molecule has 8 nitrogen and oxygen atoms in total. The molecule has 1 atom stereocenters. The molecule has 2 N–H and O–H groups in total. The van der Waals surface area contributed by atoms with Gasteiger partial charge in [0, 0.05) is 11.6 Å². The standard InChI is InChI=1S/C18H23F3N2O6/c1-10(2)15(17(26)29-8-14(24)22-9-18(19,20)21)23-16(25)11-5-12(27-3)7-13(6-11)28-4/h5-7,10,15H,8-9H2,1-4H3,(H,22,24)(H,23,25)/t15-/m1/s1. The van der Waals surface area contributed by atoms with Gasteiger partial charge in [0.05, 0.1) is 14.2 Å². The normalized spacial score (nSPS) is 12.1. The summed E-state index contributed by atoms with van der Waals surface area (Å²) in [6, 6.07) is 3.30. The van der Waals surface area contributed by atoms with Gasteiger partial charge in [0.25, 0.3) is 11.8 Å². The molecule has 29 heavy (non-hydrogen) atoms. The van der Waals surface area contributed by atoms with E-state index in [0.717, 1.165) is 0 Å². The highest BCUT2D eigenvalue weighted by Gasteiger charge is 2.29. The number of hydrogen-bond acceptors (Lipinski definition) is 6. The Bertz CT molecular complexity index is 715. The van der Waals surface area contributed by atoms with E-state index in [-0.39, 0.29) is 5.56 Å². The molecule has 11 heteroatoms. The van der Waals surface area contributed by atoms with Crippen LogP contribution in [-0.2, 0) is 14.3 Å². The second kappa shape index (κ2) is 10.5. The van der Waals surface area contributed by atoms with Crippen molar-refractivity contribution in [2.45, 2.75) is 26.1 Å². The zero-order chi connectivity index (χ0) is 22.2. The van der Waals surface area contributed by atoms with Gasteiger partial charge in [0.2, 0.25) is 0 Å². The fraction of sp³-hybridized carbons (Fsp3) is 0.500. The number of methoxy groups -OCH3 is 2. The highest BCUT2D eigenvalue weighted by atomic mass is 19.4. The molecule has 0 saturated heterocycles. The van der Waals surface area contributed by atoms with Crippen molar-refractivity contribution < 1.29 is 41.8 Å². The largest absolute Gasteiger partial charge is 0.497 e. The predicted molar refractivity (Wildman–Crippen MR) is 95.7 cm³/mol. The van der Waals surface area contributed by atoms with Crippen molar-refractivity contribution in [3.8, 4) is 11.5 Å². The third kappa shape index (κ3) is 8.28. The van der Waals surface area contributed by atoms with Gasteiger partial charge < -0.3 is 24.8 Å². The lowest BCUT2D eigenvalue weighted by Gasteiger charge is -2.21. The van der Waals surface area contributed by atoms with Crippen molar-refractivity contribution in [1.82, 2.24) is 10.6 Å². The number of esters is 1. The maximum Gasteiger partial charge on any atom is 0.405 e. The first-order valence-electron chi connectivity index (χ1n) is 8.50. The van der Waals surface area contributed by atoms with E-state index in [9.17, 15) is 27.6 Å².